The molecule has 9 aromatic rings. The van der Waals surface area contributed by atoms with Crippen LogP contribution in [0.4, 0.5) is 17.1 Å². The Morgan fingerprint density at radius 2 is 1.10 bits per heavy atom. The maximum atomic E-state index is 6.46. The highest BCUT2D eigenvalue weighted by Gasteiger charge is 2.38. The number of hydrogen-bond acceptors (Lipinski definition) is 2. The normalized spacial score (nSPS) is 13.5. The highest BCUT2D eigenvalue weighted by Crippen LogP contribution is 2.57. The molecular formula is C49H33NO. The first-order chi connectivity index (χ1) is 25.1. The lowest BCUT2D eigenvalue weighted by molar-refractivity contribution is 0.660. The van der Waals surface area contributed by atoms with Gasteiger partial charge in [0.15, 0.2) is 0 Å². The third-order valence-corrected chi connectivity index (χ3v) is 11.4. The fourth-order valence-electron chi connectivity index (χ4n) is 9.08. The van der Waals surface area contributed by atoms with Crippen molar-refractivity contribution >= 4 is 49.8 Å². The number of furan rings is 1. The minimum absolute atomic E-state index is 0.108. The van der Waals surface area contributed by atoms with Gasteiger partial charge in [0.1, 0.15) is 11.2 Å². The van der Waals surface area contributed by atoms with Crippen molar-refractivity contribution < 1.29 is 4.42 Å². The van der Waals surface area contributed by atoms with E-state index in [1.165, 1.54) is 66.7 Å². The summed E-state index contributed by atoms with van der Waals surface area (Å²) in [6.07, 6.45) is 0. The van der Waals surface area contributed by atoms with E-state index < -0.39 is 0 Å². The van der Waals surface area contributed by atoms with Crippen LogP contribution < -0.4 is 4.90 Å². The lowest BCUT2D eigenvalue weighted by Gasteiger charge is -2.30. The van der Waals surface area contributed by atoms with Crippen molar-refractivity contribution in [3.8, 4) is 44.5 Å². The Morgan fingerprint density at radius 1 is 0.451 bits per heavy atom. The van der Waals surface area contributed by atoms with Crippen LogP contribution in [-0.4, -0.2) is 0 Å². The summed E-state index contributed by atoms with van der Waals surface area (Å²) in [5.74, 6) is 0. The van der Waals surface area contributed by atoms with Crippen LogP contribution in [0, 0.1) is 0 Å². The summed E-state index contributed by atoms with van der Waals surface area (Å²) >= 11 is 0. The van der Waals surface area contributed by atoms with E-state index in [-0.39, 0.29) is 5.41 Å². The summed E-state index contributed by atoms with van der Waals surface area (Å²) in [6, 6.07) is 59.9. The fourth-order valence-corrected chi connectivity index (χ4v) is 9.08. The molecule has 0 atom stereocenters. The van der Waals surface area contributed by atoms with E-state index in [4.69, 9.17) is 4.42 Å². The van der Waals surface area contributed by atoms with Gasteiger partial charge in [-0.3, -0.25) is 0 Å². The molecule has 240 valence electrons. The zero-order valence-corrected chi connectivity index (χ0v) is 28.4. The van der Waals surface area contributed by atoms with Crippen LogP contribution in [0.25, 0.3) is 77.2 Å². The van der Waals surface area contributed by atoms with E-state index in [0.29, 0.717) is 0 Å². The van der Waals surface area contributed by atoms with Gasteiger partial charge in [0, 0.05) is 38.6 Å². The largest absolute Gasteiger partial charge is 0.455 e. The Kier molecular flexibility index (Phi) is 5.76. The molecule has 1 aromatic heterocycles. The third-order valence-electron chi connectivity index (χ3n) is 11.4. The number of rotatable bonds is 4. The quantitative estimate of drug-likeness (QED) is 0.188. The second-order valence-electron chi connectivity index (χ2n) is 14.4. The Morgan fingerprint density at radius 3 is 1.98 bits per heavy atom. The molecule has 0 amide bonds. The topological polar surface area (TPSA) is 16.4 Å². The van der Waals surface area contributed by atoms with Crippen molar-refractivity contribution in [3.63, 3.8) is 0 Å². The zero-order chi connectivity index (χ0) is 33.8. The van der Waals surface area contributed by atoms with Gasteiger partial charge in [0.05, 0.1) is 11.4 Å². The van der Waals surface area contributed by atoms with Gasteiger partial charge in [-0.05, 0) is 80.0 Å². The maximum Gasteiger partial charge on any atom is 0.143 e. The molecule has 0 aliphatic heterocycles. The van der Waals surface area contributed by atoms with Crippen molar-refractivity contribution in [1.29, 1.82) is 0 Å². The fraction of sp³-hybridized carbons (Fsp3) is 0.0612. The molecule has 0 saturated carbocycles. The van der Waals surface area contributed by atoms with Crippen LogP contribution >= 0.6 is 0 Å². The van der Waals surface area contributed by atoms with Crippen molar-refractivity contribution in [3.05, 3.63) is 175 Å². The van der Waals surface area contributed by atoms with Crippen molar-refractivity contribution in [2.75, 3.05) is 4.90 Å². The first-order valence-electron chi connectivity index (χ1n) is 17.8. The van der Waals surface area contributed by atoms with Gasteiger partial charge in [0.25, 0.3) is 0 Å². The Balaban J connectivity index is 1.17. The van der Waals surface area contributed by atoms with E-state index in [9.17, 15) is 0 Å². The van der Waals surface area contributed by atoms with Gasteiger partial charge in [0.2, 0.25) is 0 Å². The van der Waals surface area contributed by atoms with Crippen LogP contribution in [0.5, 0.6) is 0 Å². The Bertz CT molecular complexity index is 2890. The molecule has 2 aliphatic rings. The van der Waals surface area contributed by atoms with Gasteiger partial charge in [-0.1, -0.05) is 147 Å². The van der Waals surface area contributed by atoms with Crippen LogP contribution in [0.3, 0.4) is 0 Å². The number of fused-ring (bicyclic) bond motifs is 9. The van der Waals surface area contributed by atoms with E-state index in [1.807, 2.05) is 6.07 Å². The van der Waals surface area contributed by atoms with E-state index in [0.717, 1.165) is 38.8 Å². The summed E-state index contributed by atoms with van der Waals surface area (Å²) in [5, 5.41) is 4.88. The second kappa shape index (κ2) is 10.3. The predicted molar refractivity (Wildman–Crippen MR) is 213 cm³/mol. The highest BCUT2D eigenvalue weighted by molar-refractivity contribution is 6.20. The number of anilines is 3. The number of nitrogens with zero attached hydrogens (tertiary/aromatic N) is 1. The van der Waals surface area contributed by atoms with Crippen molar-refractivity contribution in [2.45, 2.75) is 19.3 Å². The summed E-state index contributed by atoms with van der Waals surface area (Å²) < 4.78 is 6.46. The molecule has 0 radical (unpaired) electrons. The summed E-state index contributed by atoms with van der Waals surface area (Å²) in [7, 11) is 0. The van der Waals surface area contributed by atoms with E-state index in [2.05, 4.69) is 176 Å². The average molecular weight is 652 g/mol. The number of para-hydroxylation sites is 2. The number of benzene rings is 8. The highest BCUT2D eigenvalue weighted by atomic mass is 16.3. The van der Waals surface area contributed by atoms with Crippen molar-refractivity contribution in [1.82, 2.24) is 0 Å². The molecule has 0 saturated heterocycles. The smallest absolute Gasteiger partial charge is 0.143 e. The molecular weight excluding hydrogens is 619 g/mol. The minimum Gasteiger partial charge on any atom is -0.455 e. The van der Waals surface area contributed by atoms with E-state index in [1.54, 1.807) is 0 Å². The molecule has 0 bridgehead atoms. The minimum atomic E-state index is -0.108. The van der Waals surface area contributed by atoms with Crippen LogP contribution in [-0.2, 0) is 5.41 Å². The van der Waals surface area contributed by atoms with Crippen LogP contribution in [0.15, 0.2) is 168 Å². The molecule has 2 heteroatoms. The average Bonchev–Trinajstić information content (AvgIpc) is 3.80. The molecule has 0 fully saturated rings. The third kappa shape index (κ3) is 3.88. The van der Waals surface area contributed by atoms with E-state index >= 15 is 0 Å². The molecule has 1 heterocycles. The Labute approximate surface area is 296 Å². The SMILES string of the molecule is CC1(C)c2ccccc2-c2c(N(c3ccc(-c4cccc5c4oc4ccccc45)cc3)c3ccc4cccc5c4c3-c3ccccc3-5)cccc21. The number of hydrogen-bond donors (Lipinski definition) is 0. The van der Waals surface area contributed by atoms with Gasteiger partial charge >= 0.3 is 0 Å². The van der Waals surface area contributed by atoms with Gasteiger partial charge in [-0.15, -0.1) is 0 Å². The monoisotopic (exact) mass is 651 g/mol. The second-order valence-corrected chi connectivity index (χ2v) is 14.4. The standard InChI is InChI=1S/C49H33NO/c1-49(2)40-20-7-5-16-39(40)46-41(49)21-11-22-42(46)50(43-29-26-31-12-9-18-36-34-13-3-4-15-37(34)47(43)45(31)36)32-27-24-30(25-28-32)33-17-10-19-38-35-14-6-8-23-44(35)51-48(33)38/h3-29H,1-2H3. The molecule has 8 aromatic carbocycles. The molecule has 2 aliphatic carbocycles. The lowest BCUT2D eigenvalue weighted by atomic mass is 9.82. The molecule has 2 nitrogen and oxygen atoms in total. The van der Waals surface area contributed by atoms with Crippen molar-refractivity contribution in [2.24, 2.45) is 0 Å². The first kappa shape index (κ1) is 28.5. The van der Waals surface area contributed by atoms with Gasteiger partial charge in [-0.25, -0.2) is 0 Å². The summed E-state index contributed by atoms with van der Waals surface area (Å²) in [5.41, 5.74) is 18.0. The molecule has 0 spiro atoms. The summed E-state index contributed by atoms with van der Waals surface area (Å²) in [6.45, 7) is 4.72. The van der Waals surface area contributed by atoms with Gasteiger partial charge < -0.3 is 9.32 Å². The molecule has 51 heavy (non-hydrogen) atoms. The molecule has 0 N–H and O–H groups in total. The summed E-state index contributed by atoms with van der Waals surface area (Å²) in [4.78, 5) is 2.51. The molecule has 11 rings (SSSR count). The first-order valence-corrected chi connectivity index (χ1v) is 17.8. The molecule has 0 unspecified atom stereocenters. The maximum absolute atomic E-state index is 6.46. The van der Waals surface area contributed by atoms with Gasteiger partial charge in [-0.2, -0.15) is 0 Å². The lowest BCUT2D eigenvalue weighted by Crippen LogP contribution is -2.16. The van der Waals surface area contributed by atoms with Crippen LogP contribution in [0.2, 0.25) is 0 Å². The van der Waals surface area contributed by atoms with Crippen LogP contribution in [0.1, 0.15) is 25.0 Å². The zero-order valence-electron chi connectivity index (χ0n) is 28.4. The predicted octanol–water partition coefficient (Wildman–Crippen LogP) is 13.8. The Hall–Kier alpha value is -6.38.